The first kappa shape index (κ1) is 22.9. The molecule has 30 heavy (non-hydrogen) atoms. The fourth-order valence-corrected chi connectivity index (χ4v) is 3.14. The molecule has 6 heteroatoms. The van der Waals surface area contributed by atoms with Gasteiger partial charge in [-0.2, -0.15) is 0 Å². The maximum atomic E-state index is 12.7. The van der Waals surface area contributed by atoms with Gasteiger partial charge in [-0.3, -0.25) is 14.4 Å². The summed E-state index contributed by atoms with van der Waals surface area (Å²) >= 11 is 0. The van der Waals surface area contributed by atoms with Crippen molar-refractivity contribution in [2.24, 2.45) is 5.92 Å². The molecule has 1 unspecified atom stereocenters. The average Bonchev–Trinajstić information content (AvgIpc) is 2.75. The van der Waals surface area contributed by atoms with Crippen molar-refractivity contribution in [3.8, 4) is 11.1 Å². The van der Waals surface area contributed by atoms with Crippen LogP contribution < -0.4 is 10.6 Å². The number of hydrogen-bond acceptors (Lipinski definition) is 3. The average molecular weight is 408 g/mol. The third-order valence-corrected chi connectivity index (χ3v) is 4.87. The van der Waals surface area contributed by atoms with Gasteiger partial charge in [-0.05, 0) is 36.1 Å². The molecule has 0 bridgehead atoms. The molecule has 0 saturated carbocycles. The Morgan fingerprint density at radius 3 is 2.33 bits per heavy atom. The Labute approximate surface area is 178 Å². The van der Waals surface area contributed by atoms with Gasteiger partial charge in [0.15, 0.2) is 0 Å². The zero-order valence-electron chi connectivity index (χ0n) is 17.9. The summed E-state index contributed by atoms with van der Waals surface area (Å²) in [6, 6.07) is 17.4. The van der Waals surface area contributed by atoms with Gasteiger partial charge in [-0.25, -0.2) is 0 Å². The zero-order valence-corrected chi connectivity index (χ0v) is 17.9. The van der Waals surface area contributed by atoms with E-state index >= 15 is 0 Å². The zero-order chi connectivity index (χ0) is 22.1. The van der Waals surface area contributed by atoms with E-state index in [1.165, 1.54) is 0 Å². The topological polar surface area (TPSA) is 78.5 Å². The van der Waals surface area contributed by atoms with Gasteiger partial charge in [0.05, 0.1) is 12.6 Å². The molecule has 0 spiro atoms. The summed E-state index contributed by atoms with van der Waals surface area (Å²) in [5, 5.41) is 5.31. The molecule has 0 radical (unpaired) electrons. The van der Waals surface area contributed by atoms with Gasteiger partial charge in [0.1, 0.15) is 0 Å². The van der Waals surface area contributed by atoms with Crippen LogP contribution in [0.25, 0.3) is 11.1 Å². The van der Waals surface area contributed by atoms with Crippen LogP contribution in [0.1, 0.15) is 20.8 Å². The lowest BCUT2D eigenvalue weighted by atomic mass is 9.99. The van der Waals surface area contributed by atoms with Gasteiger partial charge in [0.2, 0.25) is 12.3 Å². The maximum absolute atomic E-state index is 12.7. The summed E-state index contributed by atoms with van der Waals surface area (Å²) in [7, 11) is 1.67. The fraction of sp³-hybridized carbons (Fsp3) is 0.292. The molecule has 6 nitrogen and oxygen atoms in total. The van der Waals surface area contributed by atoms with Crippen LogP contribution in [0.2, 0.25) is 0 Å². The number of likely N-dealkylation sites (N-methyl/N-ethyl adjacent to an activating group) is 1. The molecule has 0 aliphatic carbocycles. The Bertz CT molecular complexity index is 907. The van der Waals surface area contributed by atoms with Crippen LogP contribution in [0.4, 0.5) is 5.69 Å². The third kappa shape index (κ3) is 6.30. The van der Waals surface area contributed by atoms with Crippen molar-refractivity contribution >= 4 is 23.9 Å². The summed E-state index contributed by atoms with van der Waals surface area (Å²) in [5.41, 5.74) is 3.31. The standard InChI is InChI=1S/C24H29N3O3/c1-17(2)22(27(4)23(29)15-25-16-28)13-18(3)24(30)26-21-12-8-11-20(14-21)19-9-6-5-7-10-19/h5-14,16-17,22H,15H2,1-4H3,(H,25,28)(H,26,30). The van der Waals surface area contributed by atoms with Crippen LogP contribution in [0.15, 0.2) is 66.2 Å². The first-order valence-electron chi connectivity index (χ1n) is 9.91. The van der Waals surface area contributed by atoms with E-state index < -0.39 is 0 Å². The van der Waals surface area contributed by atoms with E-state index in [4.69, 9.17) is 0 Å². The highest BCUT2D eigenvalue weighted by atomic mass is 16.2. The van der Waals surface area contributed by atoms with Crippen molar-refractivity contribution in [1.29, 1.82) is 0 Å². The first-order valence-corrected chi connectivity index (χ1v) is 9.91. The highest BCUT2D eigenvalue weighted by Crippen LogP contribution is 2.23. The van der Waals surface area contributed by atoms with Gasteiger partial charge in [0, 0.05) is 18.3 Å². The van der Waals surface area contributed by atoms with Gasteiger partial charge in [0.25, 0.3) is 5.91 Å². The summed E-state index contributed by atoms with van der Waals surface area (Å²) < 4.78 is 0. The summed E-state index contributed by atoms with van der Waals surface area (Å²) in [6.45, 7) is 5.61. The molecule has 0 aliphatic rings. The maximum Gasteiger partial charge on any atom is 0.251 e. The van der Waals surface area contributed by atoms with Crippen LogP contribution in [-0.4, -0.2) is 42.8 Å². The Hall–Kier alpha value is -3.41. The van der Waals surface area contributed by atoms with E-state index in [9.17, 15) is 14.4 Å². The molecular weight excluding hydrogens is 378 g/mol. The van der Waals surface area contributed by atoms with E-state index in [0.29, 0.717) is 17.7 Å². The molecule has 3 amide bonds. The van der Waals surface area contributed by atoms with Crippen molar-refractivity contribution in [2.75, 3.05) is 18.9 Å². The molecule has 2 N–H and O–H groups in total. The van der Waals surface area contributed by atoms with Crippen molar-refractivity contribution in [2.45, 2.75) is 26.8 Å². The quantitative estimate of drug-likeness (QED) is 0.494. The molecule has 0 fully saturated rings. The lowest BCUT2D eigenvalue weighted by Gasteiger charge is -2.29. The predicted octanol–water partition coefficient (Wildman–Crippen LogP) is 3.47. The molecule has 2 rings (SSSR count). The number of nitrogens with zero attached hydrogens (tertiary/aromatic N) is 1. The second kappa shape index (κ2) is 11.0. The molecule has 0 aromatic heterocycles. The third-order valence-electron chi connectivity index (χ3n) is 4.87. The predicted molar refractivity (Wildman–Crippen MR) is 120 cm³/mol. The number of benzene rings is 2. The van der Waals surface area contributed by atoms with Crippen molar-refractivity contribution in [1.82, 2.24) is 10.2 Å². The van der Waals surface area contributed by atoms with Crippen molar-refractivity contribution in [3.63, 3.8) is 0 Å². The van der Waals surface area contributed by atoms with E-state index in [0.717, 1.165) is 11.1 Å². The molecular formula is C24H29N3O3. The number of amides is 3. The second-order valence-corrected chi connectivity index (χ2v) is 7.49. The van der Waals surface area contributed by atoms with Gasteiger partial charge in [-0.1, -0.05) is 62.4 Å². The number of carbonyl (C=O) groups is 3. The number of anilines is 1. The summed E-state index contributed by atoms with van der Waals surface area (Å²) in [6.07, 6.45) is 2.29. The minimum atomic E-state index is -0.271. The molecule has 0 saturated heterocycles. The number of hydrogen-bond donors (Lipinski definition) is 2. The monoisotopic (exact) mass is 407 g/mol. The van der Waals surface area contributed by atoms with E-state index in [1.54, 1.807) is 24.9 Å². The molecule has 2 aromatic rings. The minimum Gasteiger partial charge on any atom is -0.350 e. The van der Waals surface area contributed by atoms with Crippen LogP contribution in [-0.2, 0) is 14.4 Å². The van der Waals surface area contributed by atoms with Gasteiger partial charge in [-0.15, -0.1) is 0 Å². The van der Waals surface area contributed by atoms with Crippen LogP contribution >= 0.6 is 0 Å². The fourth-order valence-electron chi connectivity index (χ4n) is 3.14. The highest BCUT2D eigenvalue weighted by Gasteiger charge is 2.22. The SMILES string of the molecule is CC(=CC(C(C)C)N(C)C(=O)CNC=O)C(=O)Nc1cccc(-c2ccccc2)c1. The molecule has 158 valence electrons. The van der Waals surface area contributed by atoms with Crippen LogP contribution in [0, 0.1) is 5.92 Å². The van der Waals surface area contributed by atoms with Crippen LogP contribution in [0.5, 0.6) is 0 Å². The van der Waals surface area contributed by atoms with Gasteiger partial charge < -0.3 is 15.5 Å². The minimum absolute atomic E-state index is 0.0748. The molecule has 0 aliphatic heterocycles. The molecule has 2 aromatic carbocycles. The molecule has 1 atom stereocenters. The Morgan fingerprint density at radius 2 is 1.70 bits per heavy atom. The van der Waals surface area contributed by atoms with Gasteiger partial charge >= 0.3 is 0 Å². The first-order chi connectivity index (χ1) is 14.3. The molecule has 0 heterocycles. The lowest BCUT2D eigenvalue weighted by Crippen LogP contribution is -2.43. The van der Waals surface area contributed by atoms with E-state index in [-0.39, 0.29) is 30.3 Å². The smallest absolute Gasteiger partial charge is 0.251 e. The Morgan fingerprint density at radius 1 is 1.03 bits per heavy atom. The second-order valence-electron chi connectivity index (χ2n) is 7.49. The lowest BCUT2D eigenvalue weighted by molar-refractivity contribution is -0.132. The number of carbonyl (C=O) groups excluding carboxylic acids is 3. The normalized spacial score (nSPS) is 12.2. The van der Waals surface area contributed by atoms with Crippen molar-refractivity contribution in [3.05, 3.63) is 66.2 Å². The Kier molecular flexibility index (Phi) is 8.35. The van der Waals surface area contributed by atoms with E-state index in [2.05, 4.69) is 10.6 Å². The summed E-state index contributed by atoms with van der Waals surface area (Å²) in [5.74, 6) is -0.349. The van der Waals surface area contributed by atoms with E-state index in [1.807, 2.05) is 68.4 Å². The Balaban J connectivity index is 2.14. The highest BCUT2D eigenvalue weighted by molar-refractivity contribution is 6.03. The van der Waals surface area contributed by atoms with Crippen molar-refractivity contribution < 1.29 is 14.4 Å². The largest absolute Gasteiger partial charge is 0.350 e. The van der Waals surface area contributed by atoms with Crippen LogP contribution in [0.3, 0.4) is 0 Å². The number of nitrogens with one attached hydrogen (secondary N) is 2. The number of rotatable bonds is 9. The summed E-state index contributed by atoms with van der Waals surface area (Å²) in [4.78, 5) is 37.0.